The first kappa shape index (κ1) is 17.7. The molecule has 3 aliphatic carbocycles. The predicted octanol–water partition coefficient (Wildman–Crippen LogP) is 4.16. The Kier molecular flexibility index (Phi) is 4.39. The maximum atomic E-state index is 13.1. The van der Waals surface area contributed by atoms with E-state index in [9.17, 15) is 9.90 Å². The molecule has 5 rings (SSSR count). The van der Waals surface area contributed by atoms with Crippen molar-refractivity contribution in [3.63, 3.8) is 0 Å². The minimum Gasteiger partial charge on any atom is -0.508 e. The molecule has 1 saturated heterocycles. The van der Waals surface area contributed by atoms with Crippen LogP contribution in [-0.2, 0) is 11.2 Å². The summed E-state index contributed by atoms with van der Waals surface area (Å²) in [5, 5.41) is 9.77. The summed E-state index contributed by atoms with van der Waals surface area (Å²) in [4.78, 5) is 15.6. The highest BCUT2D eigenvalue weighted by molar-refractivity contribution is 6.07. The molecular weight excluding hydrogens is 350 g/mol. The maximum Gasteiger partial charge on any atom is 0.173 e. The number of fused-ring (bicyclic) bond motifs is 2. The van der Waals surface area contributed by atoms with Crippen molar-refractivity contribution in [1.29, 1.82) is 0 Å². The van der Waals surface area contributed by atoms with E-state index in [0.29, 0.717) is 6.42 Å². The first-order valence-corrected chi connectivity index (χ1v) is 10.5. The quantitative estimate of drug-likeness (QED) is 0.856. The van der Waals surface area contributed by atoms with Crippen molar-refractivity contribution >= 4 is 5.78 Å². The van der Waals surface area contributed by atoms with Crippen LogP contribution >= 0.6 is 0 Å². The average Bonchev–Trinajstić information content (AvgIpc) is 3.19. The Balaban J connectivity index is 1.25. The number of allylic oxidation sites excluding steroid dienone is 5. The third-order valence-corrected chi connectivity index (χ3v) is 6.63. The summed E-state index contributed by atoms with van der Waals surface area (Å²) in [5.74, 6) is 1.37. The Morgan fingerprint density at radius 3 is 2.82 bits per heavy atom. The predicted molar refractivity (Wildman–Crippen MR) is 108 cm³/mol. The molecule has 28 heavy (non-hydrogen) atoms. The Labute approximate surface area is 166 Å². The number of hydrogen-bond acceptors (Lipinski definition) is 4. The fourth-order valence-electron chi connectivity index (χ4n) is 5.18. The van der Waals surface area contributed by atoms with Gasteiger partial charge in [-0.15, -0.1) is 0 Å². The summed E-state index contributed by atoms with van der Waals surface area (Å²) in [5.41, 5.74) is 3.76. The van der Waals surface area contributed by atoms with Crippen LogP contribution in [0.4, 0.5) is 0 Å². The number of likely N-dealkylation sites (tertiary alicyclic amines) is 1. The SMILES string of the molecule is O=C1c2ccc(O)cc2CC12C=C1CC=C(OCCN3CCCCC3)C=C1C2. The van der Waals surface area contributed by atoms with E-state index in [4.69, 9.17) is 4.74 Å². The monoisotopic (exact) mass is 377 g/mol. The van der Waals surface area contributed by atoms with Gasteiger partial charge in [-0.2, -0.15) is 0 Å². The second-order valence-electron chi connectivity index (χ2n) is 8.58. The Hall–Kier alpha value is -2.33. The molecule has 1 aliphatic heterocycles. The molecule has 0 radical (unpaired) electrons. The van der Waals surface area contributed by atoms with Gasteiger partial charge in [-0.05, 0) is 92.3 Å². The van der Waals surface area contributed by atoms with Crippen molar-refractivity contribution in [1.82, 2.24) is 4.90 Å². The molecule has 0 aromatic heterocycles. The third-order valence-electron chi connectivity index (χ3n) is 6.63. The van der Waals surface area contributed by atoms with Crippen molar-refractivity contribution in [2.75, 3.05) is 26.2 Å². The number of piperidine rings is 1. The lowest BCUT2D eigenvalue weighted by Crippen LogP contribution is -2.32. The summed E-state index contributed by atoms with van der Waals surface area (Å²) in [6.07, 6.45) is 12.7. The molecule has 1 heterocycles. The Morgan fingerprint density at radius 2 is 1.96 bits per heavy atom. The lowest BCUT2D eigenvalue weighted by Gasteiger charge is -2.26. The largest absolute Gasteiger partial charge is 0.508 e. The van der Waals surface area contributed by atoms with Crippen LogP contribution < -0.4 is 0 Å². The number of phenolic OH excluding ortho intramolecular Hbond substituents is 1. The van der Waals surface area contributed by atoms with Crippen LogP contribution in [0, 0.1) is 5.41 Å². The number of carbonyl (C=O) groups excluding carboxylic acids is 1. The summed E-state index contributed by atoms with van der Waals surface area (Å²) in [6.45, 7) is 4.10. The lowest BCUT2D eigenvalue weighted by atomic mass is 9.82. The van der Waals surface area contributed by atoms with Gasteiger partial charge in [0, 0.05) is 12.1 Å². The minimum atomic E-state index is -0.464. The number of ether oxygens (including phenoxy) is 1. The molecule has 0 bridgehead atoms. The van der Waals surface area contributed by atoms with Gasteiger partial charge in [-0.1, -0.05) is 12.5 Å². The molecule has 1 atom stereocenters. The van der Waals surface area contributed by atoms with Crippen LogP contribution in [0.3, 0.4) is 0 Å². The lowest BCUT2D eigenvalue weighted by molar-refractivity contribution is 0.0880. The van der Waals surface area contributed by atoms with Gasteiger partial charge in [-0.25, -0.2) is 0 Å². The van der Waals surface area contributed by atoms with Crippen LogP contribution in [0.5, 0.6) is 5.75 Å². The van der Waals surface area contributed by atoms with Gasteiger partial charge in [0.15, 0.2) is 5.78 Å². The van der Waals surface area contributed by atoms with Crippen LogP contribution in [0.15, 0.2) is 53.3 Å². The number of nitrogens with zero attached hydrogens (tertiary/aromatic N) is 1. The molecule has 0 saturated carbocycles. The molecule has 4 nitrogen and oxygen atoms in total. The van der Waals surface area contributed by atoms with E-state index in [-0.39, 0.29) is 11.5 Å². The molecule has 4 heteroatoms. The zero-order valence-electron chi connectivity index (χ0n) is 16.2. The topological polar surface area (TPSA) is 49.8 Å². The summed E-state index contributed by atoms with van der Waals surface area (Å²) in [6, 6.07) is 5.12. The number of aromatic hydroxyl groups is 1. The van der Waals surface area contributed by atoms with Crippen molar-refractivity contribution in [2.24, 2.45) is 5.41 Å². The summed E-state index contributed by atoms with van der Waals surface area (Å²) < 4.78 is 6.05. The molecule has 1 spiro atoms. The second-order valence-corrected chi connectivity index (χ2v) is 8.58. The smallest absolute Gasteiger partial charge is 0.173 e. The molecule has 1 N–H and O–H groups in total. The second kappa shape index (κ2) is 6.93. The van der Waals surface area contributed by atoms with Gasteiger partial charge in [-0.3, -0.25) is 9.69 Å². The van der Waals surface area contributed by atoms with Crippen LogP contribution in [0.1, 0.15) is 48.0 Å². The molecule has 1 unspecified atom stereocenters. The Morgan fingerprint density at radius 1 is 1.11 bits per heavy atom. The van der Waals surface area contributed by atoms with Gasteiger partial charge in [0.1, 0.15) is 18.1 Å². The van der Waals surface area contributed by atoms with Crippen molar-refractivity contribution in [2.45, 2.75) is 38.5 Å². The van der Waals surface area contributed by atoms with Crippen LogP contribution in [0.2, 0.25) is 0 Å². The van der Waals surface area contributed by atoms with E-state index in [2.05, 4.69) is 23.1 Å². The molecule has 1 aromatic carbocycles. The van der Waals surface area contributed by atoms with Crippen molar-refractivity contribution in [3.05, 3.63) is 64.5 Å². The highest BCUT2D eigenvalue weighted by Crippen LogP contribution is 2.51. The van der Waals surface area contributed by atoms with Crippen LogP contribution in [-0.4, -0.2) is 42.0 Å². The standard InChI is InChI=1S/C24H27NO3/c26-20-5-7-22-19(12-20)16-24(23(22)27)14-17-4-6-21(13-18(17)15-24)28-11-10-25-8-2-1-3-9-25/h5-7,12-14,26H,1-4,8-11,15-16H2. The van der Waals surface area contributed by atoms with Gasteiger partial charge in [0.2, 0.25) is 0 Å². The fourth-order valence-corrected chi connectivity index (χ4v) is 5.18. The molecule has 4 aliphatic rings. The van der Waals surface area contributed by atoms with Crippen LogP contribution in [0.25, 0.3) is 0 Å². The first-order chi connectivity index (χ1) is 13.6. The number of Topliss-reactive ketones (excluding diaryl/α,β-unsaturated/α-hetero) is 1. The molecular formula is C24H27NO3. The number of phenols is 1. The highest BCUT2D eigenvalue weighted by atomic mass is 16.5. The van der Waals surface area contributed by atoms with E-state index < -0.39 is 5.41 Å². The Bertz CT molecular complexity index is 904. The van der Waals surface area contributed by atoms with Gasteiger partial charge < -0.3 is 9.84 Å². The number of hydrogen-bond donors (Lipinski definition) is 1. The normalized spacial score (nSPS) is 26.6. The summed E-state index contributed by atoms with van der Waals surface area (Å²) >= 11 is 0. The van der Waals surface area contributed by atoms with E-state index in [1.54, 1.807) is 18.2 Å². The van der Waals surface area contributed by atoms with Gasteiger partial charge in [0.25, 0.3) is 0 Å². The van der Waals surface area contributed by atoms with E-state index in [0.717, 1.165) is 42.9 Å². The van der Waals surface area contributed by atoms with E-state index in [1.165, 1.54) is 43.5 Å². The maximum absolute atomic E-state index is 13.1. The number of rotatable bonds is 4. The summed E-state index contributed by atoms with van der Waals surface area (Å²) in [7, 11) is 0. The molecule has 1 aromatic rings. The number of carbonyl (C=O) groups is 1. The highest BCUT2D eigenvalue weighted by Gasteiger charge is 2.48. The van der Waals surface area contributed by atoms with E-state index in [1.807, 2.05) is 0 Å². The third kappa shape index (κ3) is 3.10. The average molecular weight is 377 g/mol. The van der Waals surface area contributed by atoms with E-state index >= 15 is 0 Å². The zero-order valence-corrected chi connectivity index (χ0v) is 16.2. The fraction of sp³-hybridized carbons (Fsp3) is 0.458. The zero-order chi connectivity index (χ0) is 19.1. The van der Waals surface area contributed by atoms with Crippen molar-refractivity contribution < 1.29 is 14.6 Å². The molecule has 0 amide bonds. The number of benzene rings is 1. The first-order valence-electron chi connectivity index (χ1n) is 10.5. The van der Waals surface area contributed by atoms with Gasteiger partial charge in [0.05, 0.1) is 5.41 Å². The molecule has 146 valence electrons. The van der Waals surface area contributed by atoms with Crippen molar-refractivity contribution in [3.8, 4) is 5.75 Å². The number of ketones is 1. The molecule has 1 fully saturated rings. The van der Waals surface area contributed by atoms with Gasteiger partial charge >= 0.3 is 0 Å². The minimum absolute atomic E-state index is 0.192.